The molecule has 1 N–H and O–H groups in total. The molecule has 2 bridgehead atoms. The van der Waals surface area contributed by atoms with Gasteiger partial charge in [0, 0.05) is 57.2 Å². The first-order valence-corrected chi connectivity index (χ1v) is 10.8. The number of aromatic nitrogens is 2. The molecule has 156 valence electrons. The van der Waals surface area contributed by atoms with Gasteiger partial charge < -0.3 is 15.1 Å². The molecule has 7 nitrogen and oxygen atoms in total. The van der Waals surface area contributed by atoms with E-state index in [2.05, 4.69) is 25.1 Å². The van der Waals surface area contributed by atoms with Crippen LogP contribution in [-0.4, -0.2) is 52.4 Å². The van der Waals surface area contributed by atoms with Gasteiger partial charge in [-0.3, -0.25) is 14.6 Å². The summed E-state index contributed by atoms with van der Waals surface area (Å²) < 4.78 is 0. The zero-order chi connectivity index (χ0) is 20.5. The van der Waals surface area contributed by atoms with E-state index in [1.165, 1.54) is 6.42 Å². The third kappa shape index (κ3) is 3.76. The molecule has 3 aliphatic heterocycles. The molecule has 3 fully saturated rings. The van der Waals surface area contributed by atoms with Gasteiger partial charge in [-0.05, 0) is 54.9 Å². The Morgan fingerprint density at radius 1 is 1.17 bits per heavy atom. The van der Waals surface area contributed by atoms with E-state index in [0.29, 0.717) is 42.3 Å². The predicted molar refractivity (Wildman–Crippen MR) is 113 cm³/mol. The zero-order valence-corrected chi connectivity index (χ0v) is 17.0. The molecular weight excluding hydrogens is 378 g/mol. The third-order valence-electron chi connectivity index (χ3n) is 6.69. The summed E-state index contributed by atoms with van der Waals surface area (Å²) in [7, 11) is 0. The Labute approximate surface area is 176 Å². The maximum absolute atomic E-state index is 12.4. The number of nitrogens with one attached hydrogen (secondary N) is 1. The van der Waals surface area contributed by atoms with Gasteiger partial charge in [0.05, 0.1) is 5.56 Å². The largest absolute Gasteiger partial charge is 0.356 e. The van der Waals surface area contributed by atoms with Crippen molar-refractivity contribution >= 4 is 17.6 Å². The lowest BCUT2D eigenvalue weighted by Gasteiger charge is -2.52. The Balaban J connectivity index is 1.23. The number of anilines is 1. The highest BCUT2D eigenvalue weighted by atomic mass is 16.2. The van der Waals surface area contributed by atoms with Crippen molar-refractivity contribution in [2.45, 2.75) is 38.3 Å². The number of amides is 2. The Morgan fingerprint density at radius 3 is 2.90 bits per heavy atom. The van der Waals surface area contributed by atoms with E-state index in [1.807, 2.05) is 24.3 Å². The van der Waals surface area contributed by atoms with Crippen molar-refractivity contribution < 1.29 is 9.59 Å². The Bertz CT molecular complexity index is 917. The van der Waals surface area contributed by atoms with Crippen LogP contribution in [0.4, 0.5) is 5.82 Å². The van der Waals surface area contributed by atoms with E-state index in [4.69, 9.17) is 0 Å². The van der Waals surface area contributed by atoms with Crippen molar-refractivity contribution in [3.63, 3.8) is 0 Å². The molecule has 2 aromatic rings. The molecule has 0 aliphatic carbocycles. The molecule has 3 saturated heterocycles. The van der Waals surface area contributed by atoms with Crippen molar-refractivity contribution in [3.8, 4) is 0 Å². The zero-order valence-electron chi connectivity index (χ0n) is 17.0. The summed E-state index contributed by atoms with van der Waals surface area (Å²) in [5.41, 5.74) is 1.52. The van der Waals surface area contributed by atoms with Crippen LogP contribution in [0.15, 0.2) is 42.9 Å². The number of hydrogen-bond donors (Lipinski definition) is 1. The number of nitrogens with zero attached hydrogens (tertiary/aromatic N) is 4. The normalized spacial score (nSPS) is 25.6. The molecule has 0 aromatic carbocycles. The lowest BCUT2D eigenvalue weighted by molar-refractivity contribution is -0.142. The number of carbonyl (C=O) groups is 2. The second-order valence-electron chi connectivity index (χ2n) is 8.72. The molecule has 0 spiro atoms. The molecule has 2 unspecified atom stereocenters. The first kappa shape index (κ1) is 19.0. The standard InChI is InChI=1S/C23H27N5O2/c29-22-5-1-4-20-19-9-17(14-28(20)22)13-27(15-19)21-7-6-18(12-25-21)23(30)26-11-16-3-2-8-24-10-16/h2-3,6-8,10,12,17,19-20H,1,4-5,9,11,13-15H2,(H,26,30)/t17?,19?,20-/m1/s1. The molecule has 5 heterocycles. The van der Waals surface area contributed by atoms with Crippen LogP contribution in [0.2, 0.25) is 0 Å². The molecule has 0 radical (unpaired) electrons. The number of hydrogen-bond acceptors (Lipinski definition) is 5. The summed E-state index contributed by atoms with van der Waals surface area (Å²) in [6, 6.07) is 7.98. The Morgan fingerprint density at radius 2 is 2.10 bits per heavy atom. The van der Waals surface area contributed by atoms with Gasteiger partial charge >= 0.3 is 0 Å². The minimum Gasteiger partial charge on any atom is -0.356 e. The fourth-order valence-corrected chi connectivity index (χ4v) is 5.29. The van der Waals surface area contributed by atoms with Crippen LogP contribution in [0.1, 0.15) is 41.6 Å². The highest BCUT2D eigenvalue weighted by molar-refractivity contribution is 5.94. The average molecular weight is 406 g/mol. The molecule has 2 aromatic heterocycles. The summed E-state index contributed by atoms with van der Waals surface area (Å²) in [5.74, 6) is 2.15. The fourth-order valence-electron chi connectivity index (χ4n) is 5.29. The maximum Gasteiger partial charge on any atom is 0.253 e. The number of carbonyl (C=O) groups excluding carboxylic acids is 2. The number of pyridine rings is 2. The molecule has 2 amide bonds. The number of rotatable bonds is 4. The van der Waals surface area contributed by atoms with E-state index in [1.54, 1.807) is 18.6 Å². The monoisotopic (exact) mass is 405 g/mol. The minimum atomic E-state index is -0.134. The number of fused-ring (bicyclic) bond motifs is 4. The van der Waals surface area contributed by atoms with E-state index in [9.17, 15) is 9.59 Å². The van der Waals surface area contributed by atoms with Crippen LogP contribution in [0.3, 0.4) is 0 Å². The molecule has 0 saturated carbocycles. The second kappa shape index (κ2) is 8.05. The maximum atomic E-state index is 12.4. The predicted octanol–water partition coefficient (Wildman–Crippen LogP) is 2.24. The van der Waals surface area contributed by atoms with E-state index >= 15 is 0 Å². The molecule has 30 heavy (non-hydrogen) atoms. The smallest absolute Gasteiger partial charge is 0.253 e. The van der Waals surface area contributed by atoms with Gasteiger partial charge in [-0.15, -0.1) is 0 Å². The van der Waals surface area contributed by atoms with Crippen LogP contribution in [0.5, 0.6) is 0 Å². The summed E-state index contributed by atoms with van der Waals surface area (Å²) in [6.45, 7) is 3.18. The quantitative estimate of drug-likeness (QED) is 0.844. The van der Waals surface area contributed by atoms with Crippen LogP contribution in [-0.2, 0) is 11.3 Å². The number of piperidine rings is 3. The lowest BCUT2D eigenvalue weighted by atomic mass is 9.76. The van der Waals surface area contributed by atoms with Crippen molar-refractivity contribution in [1.82, 2.24) is 20.2 Å². The van der Waals surface area contributed by atoms with Crippen LogP contribution in [0, 0.1) is 11.8 Å². The van der Waals surface area contributed by atoms with E-state index < -0.39 is 0 Å². The van der Waals surface area contributed by atoms with Crippen LogP contribution < -0.4 is 10.2 Å². The molecule has 7 heteroatoms. The van der Waals surface area contributed by atoms with Gasteiger partial charge in [-0.1, -0.05) is 6.07 Å². The average Bonchev–Trinajstić information content (AvgIpc) is 2.79. The highest BCUT2D eigenvalue weighted by Crippen LogP contribution is 2.38. The van der Waals surface area contributed by atoms with Crippen molar-refractivity contribution in [2.75, 3.05) is 24.5 Å². The van der Waals surface area contributed by atoms with E-state index in [0.717, 1.165) is 43.9 Å². The van der Waals surface area contributed by atoms with Gasteiger partial charge in [0.15, 0.2) is 0 Å². The molecular formula is C23H27N5O2. The summed E-state index contributed by atoms with van der Waals surface area (Å²) in [5, 5.41) is 2.91. The van der Waals surface area contributed by atoms with Crippen molar-refractivity contribution in [3.05, 3.63) is 54.0 Å². The first-order chi connectivity index (χ1) is 14.7. The summed E-state index contributed by atoms with van der Waals surface area (Å²) >= 11 is 0. The fraction of sp³-hybridized carbons (Fsp3) is 0.478. The van der Waals surface area contributed by atoms with E-state index in [-0.39, 0.29) is 5.91 Å². The van der Waals surface area contributed by atoms with Gasteiger partial charge in [-0.2, -0.15) is 0 Å². The van der Waals surface area contributed by atoms with Gasteiger partial charge in [0.2, 0.25) is 5.91 Å². The third-order valence-corrected chi connectivity index (χ3v) is 6.69. The molecule has 3 aliphatic rings. The second-order valence-corrected chi connectivity index (χ2v) is 8.72. The minimum absolute atomic E-state index is 0.134. The Kier molecular flexibility index (Phi) is 5.11. The van der Waals surface area contributed by atoms with Gasteiger partial charge in [-0.25, -0.2) is 4.98 Å². The summed E-state index contributed by atoms with van der Waals surface area (Å²) in [6.07, 6.45) is 9.19. The topological polar surface area (TPSA) is 78.4 Å². The first-order valence-electron chi connectivity index (χ1n) is 10.8. The highest BCUT2D eigenvalue weighted by Gasteiger charge is 2.44. The Hall–Kier alpha value is -2.96. The van der Waals surface area contributed by atoms with Gasteiger partial charge in [0.1, 0.15) is 5.82 Å². The van der Waals surface area contributed by atoms with Crippen molar-refractivity contribution in [1.29, 1.82) is 0 Å². The summed E-state index contributed by atoms with van der Waals surface area (Å²) in [4.78, 5) is 37.9. The van der Waals surface area contributed by atoms with Crippen LogP contribution in [0.25, 0.3) is 0 Å². The SMILES string of the molecule is O=C(NCc1cccnc1)c1ccc(N2CC3CC(C2)[C@H]2CCCC(=O)N2C3)nc1. The van der Waals surface area contributed by atoms with Crippen molar-refractivity contribution in [2.24, 2.45) is 11.8 Å². The lowest BCUT2D eigenvalue weighted by Crippen LogP contribution is -2.60. The van der Waals surface area contributed by atoms with Gasteiger partial charge in [0.25, 0.3) is 5.91 Å². The molecule has 5 rings (SSSR count). The molecule has 3 atom stereocenters. The van der Waals surface area contributed by atoms with Crippen LogP contribution >= 0.6 is 0 Å².